The van der Waals surface area contributed by atoms with Crippen molar-refractivity contribution >= 4 is 16.8 Å². The predicted octanol–water partition coefficient (Wildman–Crippen LogP) is 2.34. The van der Waals surface area contributed by atoms with Crippen molar-refractivity contribution in [2.45, 2.75) is 12.8 Å². The minimum atomic E-state index is -0.0920. The summed E-state index contributed by atoms with van der Waals surface area (Å²) < 4.78 is 15.9. The SMILES string of the molecule is COc1cc2cc(C(=O)NCC3CCOCC3)[nH]c2cc1OC. The van der Waals surface area contributed by atoms with Crippen molar-refractivity contribution in [3.05, 3.63) is 23.9 Å². The second kappa shape index (κ2) is 6.91. The standard InChI is InChI=1S/C17H22N2O4/c1-21-15-8-12-7-14(19-13(12)9-16(15)22-2)17(20)18-10-11-3-5-23-6-4-11/h7-9,11,19H,3-6,10H2,1-2H3,(H,18,20). The molecule has 1 aromatic carbocycles. The van der Waals surface area contributed by atoms with Crippen molar-refractivity contribution in [2.75, 3.05) is 34.0 Å². The summed E-state index contributed by atoms with van der Waals surface area (Å²) in [6.07, 6.45) is 2.00. The van der Waals surface area contributed by atoms with E-state index in [0.29, 0.717) is 29.7 Å². The van der Waals surface area contributed by atoms with Gasteiger partial charge in [0, 0.05) is 36.7 Å². The summed E-state index contributed by atoms with van der Waals surface area (Å²) in [5.41, 5.74) is 1.39. The average Bonchev–Trinajstić information content (AvgIpc) is 3.02. The van der Waals surface area contributed by atoms with Gasteiger partial charge >= 0.3 is 0 Å². The van der Waals surface area contributed by atoms with Gasteiger partial charge < -0.3 is 24.5 Å². The third-order valence-corrected chi connectivity index (χ3v) is 4.26. The smallest absolute Gasteiger partial charge is 0.267 e. The zero-order valence-corrected chi connectivity index (χ0v) is 13.5. The molecule has 0 radical (unpaired) electrons. The fraction of sp³-hybridized carbons (Fsp3) is 0.471. The van der Waals surface area contributed by atoms with Gasteiger partial charge in [0.2, 0.25) is 0 Å². The van der Waals surface area contributed by atoms with E-state index in [1.54, 1.807) is 14.2 Å². The topological polar surface area (TPSA) is 72.6 Å². The van der Waals surface area contributed by atoms with E-state index in [0.717, 1.165) is 37.0 Å². The molecule has 2 aromatic rings. The van der Waals surface area contributed by atoms with E-state index in [2.05, 4.69) is 10.3 Å². The van der Waals surface area contributed by atoms with Crippen molar-refractivity contribution in [1.29, 1.82) is 0 Å². The fourth-order valence-electron chi connectivity index (χ4n) is 2.86. The Morgan fingerprint density at radius 2 is 1.91 bits per heavy atom. The predicted molar refractivity (Wildman–Crippen MR) is 87.3 cm³/mol. The molecule has 6 nitrogen and oxygen atoms in total. The van der Waals surface area contributed by atoms with Gasteiger partial charge in [-0.15, -0.1) is 0 Å². The van der Waals surface area contributed by atoms with Crippen LogP contribution in [0.5, 0.6) is 11.5 Å². The number of carbonyl (C=O) groups is 1. The summed E-state index contributed by atoms with van der Waals surface area (Å²) in [5.74, 6) is 1.69. The van der Waals surface area contributed by atoms with Crippen LogP contribution in [-0.2, 0) is 4.74 Å². The second-order valence-corrected chi connectivity index (χ2v) is 5.74. The Hall–Kier alpha value is -2.21. The molecule has 1 saturated heterocycles. The largest absolute Gasteiger partial charge is 0.493 e. The number of ether oxygens (including phenoxy) is 3. The normalized spacial score (nSPS) is 15.6. The van der Waals surface area contributed by atoms with Gasteiger partial charge in [-0.3, -0.25) is 4.79 Å². The number of nitrogens with one attached hydrogen (secondary N) is 2. The van der Waals surface area contributed by atoms with Gasteiger partial charge in [0.05, 0.1) is 14.2 Å². The number of methoxy groups -OCH3 is 2. The molecule has 1 aromatic heterocycles. The fourth-order valence-corrected chi connectivity index (χ4v) is 2.86. The zero-order valence-electron chi connectivity index (χ0n) is 13.5. The molecule has 0 spiro atoms. The quantitative estimate of drug-likeness (QED) is 0.887. The zero-order chi connectivity index (χ0) is 16.2. The summed E-state index contributed by atoms with van der Waals surface area (Å²) >= 11 is 0. The summed E-state index contributed by atoms with van der Waals surface area (Å²) in [6, 6.07) is 5.53. The molecular formula is C17H22N2O4. The highest BCUT2D eigenvalue weighted by molar-refractivity contribution is 5.98. The lowest BCUT2D eigenvalue weighted by atomic mass is 10.0. The molecule has 0 unspecified atom stereocenters. The van der Waals surface area contributed by atoms with Gasteiger partial charge in [-0.25, -0.2) is 0 Å². The number of carbonyl (C=O) groups excluding carboxylic acids is 1. The Bertz CT molecular complexity index is 648. The van der Waals surface area contributed by atoms with Gasteiger partial charge in [0.25, 0.3) is 5.91 Å². The first-order chi connectivity index (χ1) is 11.2. The molecule has 1 amide bonds. The maximum atomic E-state index is 12.3. The minimum Gasteiger partial charge on any atom is -0.493 e. The molecule has 1 aliphatic heterocycles. The van der Waals surface area contributed by atoms with Crippen LogP contribution >= 0.6 is 0 Å². The number of fused-ring (bicyclic) bond motifs is 1. The van der Waals surface area contributed by atoms with Crippen LogP contribution in [0.4, 0.5) is 0 Å². The van der Waals surface area contributed by atoms with Gasteiger partial charge in [0.1, 0.15) is 5.69 Å². The first-order valence-corrected chi connectivity index (χ1v) is 7.82. The first kappa shape index (κ1) is 15.7. The highest BCUT2D eigenvalue weighted by atomic mass is 16.5. The molecule has 2 heterocycles. The maximum absolute atomic E-state index is 12.3. The molecule has 1 aliphatic rings. The molecular weight excluding hydrogens is 296 g/mol. The monoisotopic (exact) mass is 318 g/mol. The minimum absolute atomic E-state index is 0.0920. The molecule has 0 saturated carbocycles. The molecule has 3 rings (SSSR count). The number of amides is 1. The summed E-state index contributed by atoms with van der Waals surface area (Å²) in [7, 11) is 3.19. The number of benzene rings is 1. The van der Waals surface area contributed by atoms with E-state index in [1.165, 1.54) is 0 Å². The van der Waals surface area contributed by atoms with Crippen molar-refractivity contribution < 1.29 is 19.0 Å². The molecule has 2 N–H and O–H groups in total. The van der Waals surface area contributed by atoms with Crippen LogP contribution in [0.2, 0.25) is 0 Å². The lowest BCUT2D eigenvalue weighted by molar-refractivity contribution is 0.0642. The Labute approximate surface area is 135 Å². The van der Waals surface area contributed by atoms with E-state index < -0.39 is 0 Å². The van der Waals surface area contributed by atoms with Crippen molar-refractivity contribution in [2.24, 2.45) is 5.92 Å². The Morgan fingerprint density at radius 1 is 1.22 bits per heavy atom. The number of aromatic nitrogens is 1. The number of hydrogen-bond acceptors (Lipinski definition) is 4. The lowest BCUT2D eigenvalue weighted by Crippen LogP contribution is -2.32. The van der Waals surface area contributed by atoms with Gasteiger partial charge in [-0.05, 0) is 30.9 Å². The summed E-state index contributed by atoms with van der Waals surface area (Å²) in [6.45, 7) is 2.25. The van der Waals surface area contributed by atoms with Gasteiger partial charge in [-0.1, -0.05) is 0 Å². The van der Waals surface area contributed by atoms with Gasteiger partial charge in [-0.2, -0.15) is 0 Å². The van der Waals surface area contributed by atoms with E-state index in [1.807, 2.05) is 18.2 Å². The van der Waals surface area contributed by atoms with E-state index >= 15 is 0 Å². The van der Waals surface area contributed by atoms with E-state index in [9.17, 15) is 4.79 Å². The Morgan fingerprint density at radius 3 is 2.61 bits per heavy atom. The van der Waals surface area contributed by atoms with Gasteiger partial charge in [0.15, 0.2) is 11.5 Å². The molecule has 0 aliphatic carbocycles. The number of hydrogen-bond donors (Lipinski definition) is 2. The highest BCUT2D eigenvalue weighted by Gasteiger charge is 2.17. The van der Waals surface area contributed by atoms with Crippen molar-refractivity contribution in [3.63, 3.8) is 0 Å². The number of H-pyrrole nitrogens is 1. The van der Waals surface area contributed by atoms with Crippen LogP contribution in [0.15, 0.2) is 18.2 Å². The highest BCUT2D eigenvalue weighted by Crippen LogP contribution is 2.32. The van der Waals surface area contributed by atoms with Crippen LogP contribution in [-0.4, -0.2) is 44.9 Å². The van der Waals surface area contributed by atoms with E-state index in [-0.39, 0.29) is 5.91 Å². The number of aromatic amines is 1. The first-order valence-electron chi connectivity index (χ1n) is 7.82. The van der Waals surface area contributed by atoms with Crippen LogP contribution in [0.3, 0.4) is 0 Å². The third kappa shape index (κ3) is 3.42. The number of rotatable bonds is 5. The molecule has 23 heavy (non-hydrogen) atoms. The Kier molecular flexibility index (Phi) is 4.71. The molecule has 0 atom stereocenters. The maximum Gasteiger partial charge on any atom is 0.267 e. The molecule has 0 bridgehead atoms. The summed E-state index contributed by atoms with van der Waals surface area (Å²) in [5, 5.41) is 3.91. The van der Waals surface area contributed by atoms with Crippen LogP contribution < -0.4 is 14.8 Å². The third-order valence-electron chi connectivity index (χ3n) is 4.26. The lowest BCUT2D eigenvalue weighted by Gasteiger charge is -2.21. The van der Waals surface area contributed by atoms with Crippen LogP contribution in [0, 0.1) is 5.92 Å². The average molecular weight is 318 g/mol. The molecule has 6 heteroatoms. The molecule has 124 valence electrons. The van der Waals surface area contributed by atoms with Crippen LogP contribution in [0.25, 0.3) is 10.9 Å². The Balaban J connectivity index is 1.72. The molecule has 1 fully saturated rings. The summed E-state index contributed by atoms with van der Waals surface area (Å²) in [4.78, 5) is 15.5. The van der Waals surface area contributed by atoms with Crippen LogP contribution in [0.1, 0.15) is 23.3 Å². The van der Waals surface area contributed by atoms with Crippen molar-refractivity contribution in [1.82, 2.24) is 10.3 Å². The van der Waals surface area contributed by atoms with E-state index in [4.69, 9.17) is 14.2 Å². The van der Waals surface area contributed by atoms with Crippen molar-refractivity contribution in [3.8, 4) is 11.5 Å². The second-order valence-electron chi connectivity index (χ2n) is 5.74.